The second-order valence-electron chi connectivity index (χ2n) is 4.76. The van der Waals surface area contributed by atoms with Gasteiger partial charge < -0.3 is 9.84 Å². The molecule has 1 aromatic rings. The molecule has 0 amide bonds. The third-order valence-corrected chi connectivity index (χ3v) is 2.98. The van der Waals surface area contributed by atoms with Crippen LogP contribution in [0.25, 0.3) is 0 Å². The highest BCUT2D eigenvalue weighted by atomic mass is 16.5. The van der Waals surface area contributed by atoms with E-state index in [2.05, 4.69) is 31.2 Å². The minimum absolute atomic E-state index is 0.471. The molecule has 0 aliphatic carbocycles. The zero-order valence-electron chi connectivity index (χ0n) is 11.1. The fourth-order valence-corrected chi connectivity index (χ4v) is 2.16. The molecule has 0 fully saturated rings. The summed E-state index contributed by atoms with van der Waals surface area (Å²) in [6.45, 7) is 10.7. The van der Waals surface area contributed by atoms with Gasteiger partial charge in [0.2, 0.25) is 0 Å². The highest BCUT2D eigenvalue weighted by molar-refractivity contribution is 5.21. The molecular weight excluding hydrogens is 200 g/mol. The monoisotopic (exact) mass is 224 g/mol. The van der Waals surface area contributed by atoms with Crippen molar-refractivity contribution < 1.29 is 4.52 Å². The van der Waals surface area contributed by atoms with Crippen molar-refractivity contribution in [3.63, 3.8) is 0 Å². The fourth-order valence-electron chi connectivity index (χ4n) is 2.16. The van der Waals surface area contributed by atoms with Crippen LogP contribution in [0.2, 0.25) is 0 Å². The summed E-state index contributed by atoms with van der Waals surface area (Å²) < 4.78 is 5.17. The van der Waals surface area contributed by atoms with Crippen LogP contribution in [0.4, 0.5) is 0 Å². The van der Waals surface area contributed by atoms with E-state index in [9.17, 15) is 0 Å². The summed E-state index contributed by atoms with van der Waals surface area (Å²) in [6, 6.07) is 1.05. The molecule has 3 nitrogen and oxygen atoms in total. The van der Waals surface area contributed by atoms with E-state index in [1.165, 1.54) is 18.4 Å². The van der Waals surface area contributed by atoms with Gasteiger partial charge in [-0.2, -0.15) is 0 Å². The second kappa shape index (κ2) is 6.04. The first-order chi connectivity index (χ1) is 7.54. The molecular formula is C13H24N2O. The molecule has 2 unspecified atom stereocenters. The minimum atomic E-state index is 0.471. The van der Waals surface area contributed by atoms with E-state index < -0.39 is 0 Å². The predicted molar refractivity (Wildman–Crippen MR) is 66.6 cm³/mol. The maximum absolute atomic E-state index is 5.17. The first-order valence-electron chi connectivity index (χ1n) is 6.22. The first-order valence-corrected chi connectivity index (χ1v) is 6.22. The number of hydrogen-bond acceptors (Lipinski definition) is 3. The van der Waals surface area contributed by atoms with Crippen LogP contribution >= 0.6 is 0 Å². The van der Waals surface area contributed by atoms with Gasteiger partial charge in [-0.05, 0) is 40.5 Å². The van der Waals surface area contributed by atoms with Crippen LogP contribution in [0.1, 0.15) is 50.6 Å². The van der Waals surface area contributed by atoms with Crippen molar-refractivity contribution in [1.29, 1.82) is 0 Å². The lowest BCUT2D eigenvalue weighted by atomic mass is 10.0. The first kappa shape index (κ1) is 13.2. The molecule has 0 radical (unpaired) electrons. The zero-order chi connectivity index (χ0) is 12.1. The number of aromatic nitrogens is 1. The second-order valence-corrected chi connectivity index (χ2v) is 4.76. The van der Waals surface area contributed by atoms with Crippen LogP contribution in [0, 0.1) is 13.8 Å². The lowest BCUT2D eigenvalue weighted by Gasteiger charge is -2.19. The SMILES string of the molecule is CCCC(C)NC(C)Cc1c(C)noc1C. The smallest absolute Gasteiger partial charge is 0.137 e. The number of nitrogens with one attached hydrogen (secondary N) is 1. The van der Waals surface area contributed by atoms with E-state index >= 15 is 0 Å². The topological polar surface area (TPSA) is 38.1 Å². The number of aryl methyl sites for hydroxylation is 2. The van der Waals surface area contributed by atoms with Crippen LogP contribution in [0.15, 0.2) is 4.52 Å². The Kier molecular flexibility index (Phi) is 5.00. The summed E-state index contributed by atoms with van der Waals surface area (Å²) in [5, 5.41) is 7.59. The average molecular weight is 224 g/mol. The van der Waals surface area contributed by atoms with E-state index in [1.807, 2.05) is 13.8 Å². The zero-order valence-corrected chi connectivity index (χ0v) is 11.1. The van der Waals surface area contributed by atoms with Gasteiger partial charge in [-0.3, -0.25) is 0 Å². The van der Waals surface area contributed by atoms with E-state index in [4.69, 9.17) is 4.52 Å². The molecule has 0 saturated heterocycles. The molecule has 0 aliphatic rings. The van der Waals surface area contributed by atoms with Crippen molar-refractivity contribution in [3.05, 3.63) is 17.0 Å². The summed E-state index contributed by atoms with van der Waals surface area (Å²) in [4.78, 5) is 0. The third-order valence-electron chi connectivity index (χ3n) is 2.98. The fraction of sp³-hybridized carbons (Fsp3) is 0.769. The van der Waals surface area contributed by atoms with Crippen LogP contribution < -0.4 is 5.32 Å². The highest BCUT2D eigenvalue weighted by Crippen LogP contribution is 2.14. The molecule has 1 N–H and O–H groups in total. The van der Waals surface area contributed by atoms with Crippen molar-refractivity contribution in [2.24, 2.45) is 0 Å². The van der Waals surface area contributed by atoms with E-state index in [0.29, 0.717) is 12.1 Å². The largest absolute Gasteiger partial charge is 0.361 e. The molecule has 0 bridgehead atoms. The van der Waals surface area contributed by atoms with Gasteiger partial charge in [0.1, 0.15) is 5.76 Å². The normalized spacial score (nSPS) is 15.1. The number of nitrogens with zero attached hydrogens (tertiary/aromatic N) is 1. The molecule has 92 valence electrons. The Morgan fingerprint density at radius 1 is 1.25 bits per heavy atom. The van der Waals surface area contributed by atoms with Crippen molar-refractivity contribution in [1.82, 2.24) is 10.5 Å². The Bertz CT molecular complexity index is 300. The summed E-state index contributed by atoms with van der Waals surface area (Å²) in [5.41, 5.74) is 2.28. The lowest BCUT2D eigenvalue weighted by molar-refractivity contribution is 0.390. The van der Waals surface area contributed by atoms with Gasteiger partial charge in [-0.15, -0.1) is 0 Å². The van der Waals surface area contributed by atoms with Crippen molar-refractivity contribution in [2.45, 2.75) is 66.0 Å². The number of rotatable bonds is 6. The molecule has 3 heteroatoms. The molecule has 1 heterocycles. The quantitative estimate of drug-likeness (QED) is 0.807. The molecule has 16 heavy (non-hydrogen) atoms. The number of hydrogen-bond donors (Lipinski definition) is 1. The summed E-state index contributed by atoms with van der Waals surface area (Å²) in [7, 11) is 0. The summed E-state index contributed by atoms with van der Waals surface area (Å²) >= 11 is 0. The molecule has 0 spiro atoms. The molecule has 1 aromatic heterocycles. The Balaban J connectivity index is 2.48. The summed E-state index contributed by atoms with van der Waals surface area (Å²) in [5.74, 6) is 0.953. The summed E-state index contributed by atoms with van der Waals surface area (Å²) in [6.07, 6.45) is 3.45. The van der Waals surface area contributed by atoms with Crippen molar-refractivity contribution in [3.8, 4) is 0 Å². The van der Waals surface area contributed by atoms with Crippen LogP contribution in [0.3, 0.4) is 0 Å². The maximum Gasteiger partial charge on any atom is 0.137 e. The predicted octanol–water partition coefficient (Wildman–Crippen LogP) is 3.00. The van der Waals surface area contributed by atoms with E-state index in [0.717, 1.165) is 17.9 Å². The van der Waals surface area contributed by atoms with Gasteiger partial charge in [0.05, 0.1) is 5.69 Å². The minimum Gasteiger partial charge on any atom is -0.361 e. The molecule has 0 saturated carbocycles. The van der Waals surface area contributed by atoms with Gasteiger partial charge in [-0.1, -0.05) is 18.5 Å². The molecule has 1 rings (SSSR count). The molecule has 0 aliphatic heterocycles. The van der Waals surface area contributed by atoms with Gasteiger partial charge in [0.25, 0.3) is 0 Å². The lowest BCUT2D eigenvalue weighted by Crippen LogP contribution is -2.35. The van der Waals surface area contributed by atoms with Crippen molar-refractivity contribution >= 4 is 0 Å². The molecule has 0 aromatic carbocycles. The standard InChI is InChI=1S/C13H24N2O/c1-6-7-9(2)14-10(3)8-13-11(4)15-16-12(13)5/h9-10,14H,6-8H2,1-5H3. The Morgan fingerprint density at radius 3 is 2.44 bits per heavy atom. The van der Waals surface area contributed by atoms with Crippen LogP contribution in [-0.2, 0) is 6.42 Å². The van der Waals surface area contributed by atoms with E-state index in [-0.39, 0.29) is 0 Å². The maximum atomic E-state index is 5.17. The van der Waals surface area contributed by atoms with Crippen LogP contribution in [0.5, 0.6) is 0 Å². The average Bonchev–Trinajstić information content (AvgIpc) is 2.49. The van der Waals surface area contributed by atoms with Gasteiger partial charge in [0.15, 0.2) is 0 Å². The highest BCUT2D eigenvalue weighted by Gasteiger charge is 2.13. The van der Waals surface area contributed by atoms with Gasteiger partial charge >= 0.3 is 0 Å². The van der Waals surface area contributed by atoms with Crippen LogP contribution in [-0.4, -0.2) is 17.2 Å². The Hall–Kier alpha value is -0.830. The van der Waals surface area contributed by atoms with E-state index in [1.54, 1.807) is 0 Å². The third kappa shape index (κ3) is 3.63. The van der Waals surface area contributed by atoms with Gasteiger partial charge in [0, 0.05) is 17.6 Å². The Morgan fingerprint density at radius 2 is 1.94 bits per heavy atom. The van der Waals surface area contributed by atoms with Crippen molar-refractivity contribution in [2.75, 3.05) is 0 Å². The Labute approximate surface area is 98.6 Å². The molecule has 2 atom stereocenters. The van der Waals surface area contributed by atoms with Gasteiger partial charge in [-0.25, -0.2) is 0 Å².